The molecule has 2 aromatic rings. The van der Waals surface area contributed by atoms with Gasteiger partial charge in [-0.2, -0.15) is 0 Å². The van der Waals surface area contributed by atoms with E-state index >= 15 is 0 Å². The van der Waals surface area contributed by atoms with Gasteiger partial charge in [-0.25, -0.2) is 0 Å². The molecule has 1 saturated heterocycles. The minimum absolute atomic E-state index is 0.00384. The molecule has 0 aliphatic carbocycles. The molecule has 1 aliphatic heterocycles. The maximum absolute atomic E-state index is 6.75. The van der Waals surface area contributed by atoms with E-state index in [1.807, 2.05) is 0 Å². The summed E-state index contributed by atoms with van der Waals surface area (Å²) in [4.78, 5) is 5.07. The summed E-state index contributed by atoms with van der Waals surface area (Å²) >= 11 is -0.00384. The summed E-state index contributed by atoms with van der Waals surface area (Å²) in [6, 6.07) is 13.6. The molecule has 0 spiro atoms. The van der Waals surface area contributed by atoms with Crippen LogP contribution >= 0.6 is 9.53 Å². The van der Waals surface area contributed by atoms with Crippen LogP contribution in [0.1, 0.15) is 101 Å². The molecule has 0 radical (unpaired) electrons. The van der Waals surface area contributed by atoms with Gasteiger partial charge >= 0.3 is 202 Å². The second kappa shape index (κ2) is 10.2. The molecule has 0 N–H and O–H groups in total. The number of nitrogens with zero attached hydrogens (tertiary/aromatic N) is 2. The molecular weight excluding hydrogens is 494 g/mol. The van der Waals surface area contributed by atoms with Gasteiger partial charge < -0.3 is 0 Å². The SMILES string of the molecule is CC(C)c1cccc(C(C)C)c1N1CCN(c2c(C(C)C)cccc2C(C)C)[C]1=[Pd][Cl]. The average Bonchev–Trinajstić information content (AvgIpc) is 3.15. The molecule has 1 heterocycles. The Morgan fingerprint density at radius 3 is 1.13 bits per heavy atom. The Morgan fingerprint density at radius 1 is 0.613 bits per heavy atom. The van der Waals surface area contributed by atoms with Gasteiger partial charge in [0.1, 0.15) is 0 Å². The van der Waals surface area contributed by atoms with Gasteiger partial charge in [0, 0.05) is 0 Å². The monoisotopic (exact) mass is 531 g/mol. The second-order valence-electron chi connectivity index (χ2n) is 9.79. The van der Waals surface area contributed by atoms with Crippen LogP contribution in [-0.2, 0) is 16.5 Å². The van der Waals surface area contributed by atoms with Crippen LogP contribution in [0.2, 0.25) is 0 Å². The molecule has 3 rings (SSSR count). The molecule has 31 heavy (non-hydrogen) atoms. The van der Waals surface area contributed by atoms with Gasteiger partial charge in [0.15, 0.2) is 0 Å². The molecule has 0 bridgehead atoms. The van der Waals surface area contributed by atoms with Crippen LogP contribution in [0.25, 0.3) is 0 Å². The zero-order valence-corrected chi connectivity index (χ0v) is 22.6. The molecule has 2 nitrogen and oxygen atoms in total. The number of benzene rings is 2. The van der Waals surface area contributed by atoms with E-state index < -0.39 is 0 Å². The van der Waals surface area contributed by atoms with E-state index in [1.54, 1.807) is 0 Å². The molecule has 0 saturated carbocycles. The molecular formula is C27H38ClN2Pd. The summed E-state index contributed by atoms with van der Waals surface area (Å²) in [6.45, 7) is 20.3. The fourth-order valence-corrected chi connectivity index (χ4v) is 6.40. The van der Waals surface area contributed by atoms with Gasteiger partial charge in [0.05, 0.1) is 0 Å². The van der Waals surface area contributed by atoms with Crippen molar-refractivity contribution in [3.05, 3.63) is 58.7 Å². The predicted octanol–water partition coefficient (Wildman–Crippen LogP) is 7.83. The predicted molar refractivity (Wildman–Crippen MR) is 135 cm³/mol. The first-order valence-electron chi connectivity index (χ1n) is 11.6. The Labute approximate surface area is 201 Å². The zero-order chi connectivity index (χ0) is 22.9. The topological polar surface area (TPSA) is 6.48 Å². The molecule has 0 atom stereocenters. The van der Waals surface area contributed by atoms with Gasteiger partial charge in [0.25, 0.3) is 0 Å². The molecule has 1 aliphatic rings. The van der Waals surface area contributed by atoms with E-state index in [1.165, 1.54) is 37.9 Å². The van der Waals surface area contributed by atoms with Crippen molar-refractivity contribution in [1.82, 2.24) is 0 Å². The fourth-order valence-electron chi connectivity index (χ4n) is 4.62. The van der Waals surface area contributed by atoms with Gasteiger partial charge in [-0.3, -0.25) is 0 Å². The van der Waals surface area contributed by atoms with Crippen LogP contribution in [-0.4, -0.2) is 17.3 Å². The van der Waals surface area contributed by atoms with Crippen LogP contribution in [0.5, 0.6) is 0 Å². The molecule has 0 amide bonds. The second-order valence-corrected chi connectivity index (χ2v) is 11.5. The third-order valence-electron chi connectivity index (χ3n) is 6.24. The molecule has 173 valence electrons. The summed E-state index contributed by atoms with van der Waals surface area (Å²) in [7, 11) is 6.75. The van der Waals surface area contributed by atoms with Gasteiger partial charge in [0.2, 0.25) is 0 Å². The normalized spacial score (nSPS) is 14.9. The van der Waals surface area contributed by atoms with Crippen molar-refractivity contribution in [2.75, 3.05) is 22.9 Å². The number of rotatable bonds is 6. The Kier molecular flexibility index (Phi) is 8.06. The Hall–Kier alpha value is -1.14. The Balaban J connectivity index is 2.18. The summed E-state index contributed by atoms with van der Waals surface area (Å²) in [6.07, 6.45) is 0. The van der Waals surface area contributed by atoms with E-state index in [0.29, 0.717) is 23.7 Å². The quantitative estimate of drug-likeness (QED) is 0.350. The fraction of sp³-hybridized carbons (Fsp3) is 0.519. The third-order valence-corrected chi connectivity index (χ3v) is 7.97. The van der Waals surface area contributed by atoms with Crippen LogP contribution in [0.4, 0.5) is 11.4 Å². The van der Waals surface area contributed by atoms with Crippen LogP contribution < -0.4 is 9.80 Å². The minimum atomic E-state index is -0.00384. The van der Waals surface area contributed by atoms with Crippen LogP contribution in [0, 0.1) is 0 Å². The van der Waals surface area contributed by atoms with Crippen molar-refractivity contribution < 1.29 is 16.5 Å². The summed E-state index contributed by atoms with van der Waals surface area (Å²) in [5.41, 5.74) is 8.46. The van der Waals surface area contributed by atoms with Crippen LogP contribution in [0.15, 0.2) is 36.4 Å². The molecule has 4 heteroatoms. The first-order valence-corrected chi connectivity index (χ1v) is 14.3. The summed E-state index contributed by atoms with van der Waals surface area (Å²) in [5, 5.41) is 0. The standard InChI is InChI=1S/C27H38N2.ClH.Pd/c1-18(2)22-11-9-12-23(19(3)4)26(22)28-15-16-29(17-28)27-24(20(5)6)13-10-14-25(27)21(7)8;;/h9-14,18-21H,15-16H2,1-8H3;1H;/q;;+1/p-1. The first-order chi connectivity index (χ1) is 14.7. The van der Waals surface area contributed by atoms with E-state index in [-0.39, 0.29) is 16.5 Å². The van der Waals surface area contributed by atoms with Crippen molar-refractivity contribution >= 4 is 25.1 Å². The maximum atomic E-state index is 6.75. The van der Waals surface area contributed by atoms with Gasteiger partial charge in [-0.15, -0.1) is 0 Å². The molecule has 1 fully saturated rings. The number of para-hydroxylation sites is 2. The van der Waals surface area contributed by atoms with Crippen molar-refractivity contribution in [1.29, 1.82) is 0 Å². The van der Waals surface area contributed by atoms with E-state index in [9.17, 15) is 0 Å². The summed E-state index contributed by atoms with van der Waals surface area (Å²) < 4.78 is 1.26. The number of hydrogen-bond acceptors (Lipinski definition) is 2. The first kappa shape index (κ1) is 24.5. The van der Waals surface area contributed by atoms with E-state index in [0.717, 1.165) is 13.1 Å². The van der Waals surface area contributed by atoms with Gasteiger partial charge in [-0.05, 0) is 0 Å². The Bertz CT molecular complexity index is 820. The van der Waals surface area contributed by atoms with Crippen molar-refractivity contribution in [2.24, 2.45) is 0 Å². The van der Waals surface area contributed by atoms with Crippen molar-refractivity contribution in [3.8, 4) is 0 Å². The molecule has 0 unspecified atom stereocenters. The summed E-state index contributed by atoms with van der Waals surface area (Å²) in [5.74, 6) is 1.89. The number of anilines is 2. The number of halogens is 1. The van der Waals surface area contributed by atoms with E-state index in [4.69, 9.17) is 9.53 Å². The Morgan fingerprint density at radius 2 is 0.903 bits per heavy atom. The third kappa shape index (κ3) is 4.80. The van der Waals surface area contributed by atoms with Gasteiger partial charge in [-0.1, -0.05) is 0 Å². The van der Waals surface area contributed by atoms with Crippen LogP contribution in [0.3, 0.4) is 0 Å². The number of hydrogen-bond donors (Lipinski definition) is 0. The van der Waals surface area contributed by atoms with Crippen molar-refractivity contribution in [3.63, 3.8) is 0 Å². The molecule has 2 aromatic carbocycles. The average molecular weight is 532 g/mol. The zero-order valence-electron chi connectivity index (χ0n) is 20.3. The molecule has 0 aromatic heterocycles. The van der Waals surface area contributed by atoms with Crippen molar-refractivity contribution in [2.45, 2.75) is 79.1 Å². The van der Waals surface area contributed by atoms with E-state index in [2.05, 4.69) is 102 Å².